The smallest absolute Gasteiger partial charge is 0.257 e. The van der Waals surface area contributed by atoms with Gasteiger partial charge in [-0.2, -0.15) is 0 Å². The Morgan fingerprint density at radius 2 is 1.96 bits per heavy atom. The number of ether oxygens (including phenoxy) is 1. The third-order valence-electron chi connectivity index (χ3n) is 4.48. The van der Waals surface area contributed by atoms with Crippen LogP contribution in [0.4, 0.5) is 4.39 Å². The van der Waals surface area contributed by atoms with Crippen LogP contribution in [0.1, 0.15) is 21.7 Å². The Kier molecular flexibility index (Phi) is 6.30. The van der Waals surface area contributed by atoms with Gasteiger partial charge in [0.2, 0.25) is 0 Å². The first-order valence-corrected chi connectivity index (χ1v) is 8.90. The summed E-state index contributed by atoms with van der Waals surface area (Å²) in [5.74, 6) is -0.800. The molecule has 0 spiro atoms. The van der Waals surface area contributed by atoms with Gasteiger partial charge in [-0.15, -0.1) is 0 Å². The number of aryl methyl sites for hydroxylation is 1. The molecule has 0 bridgehead atoms. The van der Waals surface area contributed by atoms with E-state index in [0.29, 0.717) is 26.3 Å². The number of hydrogen-bond acceptors (Lipinski definition) is 4. The van der Waals surface area contributed by atoms with Gasteiger partial charge in [-0.3, -0.25) is 14.7 Å². The van der Waals surface area contributed by atoms with Crippen molar-refractivity contribution in [2.45, 2.75) is 13.5 Å². The molecular formula is C20H24FN3O2. The third-order valence-corrected chi connectivity index (χ3v) is 4.48. The van der Waals surface area contributed by atoms with Gasteiger partial charge < -0.3 is 9.64 Å². The Balaban J connectivity index is 1.75. The quantitative estimate of drug-likeness (QED) is 0.797. The highest BCUT2D eigenvalue weighted by Crippen LogP contribution is 2.13. The van der Waals surface area contributed by atoms with Gasteiger partial charge in [0, 0.05) is 31.9 Å². The zero-order valence-electron chi connectivity index (χ0n) is 15.0. The van der Waals surface area contributed by atoms with Crippen molar-refractivity contribution in [2.24, 2.45) is 0 Å². The monoisotopic (exact) mass is 357 g/mol. The van der Waals surface area contributed by atoms with Gasteiger partial charge in [0.1, 0.15) is 5.82 Å². The summed E-state index contributed by atoms with van der Waals surface area (Å²) in [6.07, 6.45) is 0. The van der Waals surface area contributed by atoms with Crippen LogP contribution in [-0.4, -0.2) is 60.1 Å². The molecule has 6 heteroatoms. The summed E-state index contributed by atoms with van der Waals surface area (Å²) in [6.45, 7) is 6.65. The summed E-state index contributed by atoms with van der Waals surface area (Å²) >= 11 is 0. The van der Waals surface area contributed by atoms with E-state index in [1.165, 1.54) is 12.1 Å². The second-order valence-corrected chi connectivity index (χ2v) is 6.43. The molecule has 1 aliphatic rings. The Labute approximate surface area is 153 Å². The molecule has 3 rings (SSSR count). The number of carbonyl (C=O) groups excluding carboxylic acids is 1. The molecule has 1 aliphatic heterocycles. The summed E-state index contributed by atoms with van der Waals surface area (Å²) in [5.41, 5.74) is 1.80. The van der Waals surface area contributed by atoms with Crippen LogP contribution in [0.3, 0.4) is 0 Å². The van der Waals surface area contributed by atoms with E-state index < -0.39 is 5.82 Å². The summed E-state index contributed by atoms with van der Waals surface area (Å²) in [7, 11) is 0. The molecule has 1 aromatic carbocycles. The molecule has 138 valence electrons. The normalized spacial score (nSPS) is 15.0. The first kappa shape index (κ1) is 18.5. The first-order valence-electron chi connectivity index (χ1n) is 8.90. The summed E-state index contributed by atoms with van der Waals surface area (Å²) in [4.78, 5) is 21.4. The molecule has 0 aliphatic carbocycles. The number of carbonyl (C=O) groups is 1. The van der Waals surface area contributed by atoms with Crippen LogP contribution in [0.15, 0.2) is 42.5 Å². The lowest BCUT2D eigenvalue weighted by Gasteiger charge is -2.30. The molecule has 0 N–H and O–H groups in total. The predicted molar refractivity (Wildman–Crippen MR) is 97.4 cm³/mol. The Morgan fingerprint density at radius 1 is 1.19 bits per heavy atom. The van der Waals surface area contributed by atoms with Crippen molar-refractivity contribution in [2.75, 3.05) is 39.4 Å². The first-order chi connectivity index (χ1) is 12.6. The van der Waals surface area contributed by atoms with Gasteiger partial charge in [-0.1, -0.05) is 18.2 Å². The maximum atomic E-state index is 14.1. The third kappa shape index (κ3) is 4.86. The number of hydrogen-bond donors (Lipinski definition) is 0. The van der Waals surface area contributed by atoms with Crippen molar-refractivity contribution in [3.05, 3.63) is 65.2 Å². The molecule has 2 heterocycles. The SMILES string of the molecule is Cc1cccc(CN(CCN2CCOCC2)C(=O)c2ccccc2F)n1. The number of nitrogens with zero attached hydrogens (tertiary/aromatic N) is 3. The molecule has 26 heavy (non-hydrogen) atoms. The molecule has 1 fully saturated rings. The number of benzene rings is 1. The van der Waals surface area contributed by atoms with Gasteiger partial charge in [0.05, 0.1) is 31.0 Å². The molecule has 2 aromatic rings. The highest BCUT2D eigenvalue weighted by Gasteiger charge is 2.21. The minimum Gasteiger partial charge on any atom is -0.379 e. The van der Waals surface area contributed by atoms with E-state index in [0.717, 1.165) is 31.0 Å². The fourth-order valence-corrected chi connectivity index (χ4v) is 3.03. The fourth-order valence-electron chi connectivity index (χ4n) is 3.03. The molecule has 1 saturated heterocycles. The van der Waals surface area contributed by atoms with Gasteiger partial charge in [0.15, 0.2) is 0 Å². The number of rotatable bonds is 6. The predicted octanol–water partition coefficient (Wildman–Crippen LogP) is 2.50. The van der Waals surface area contributed by atoms with Crippen LogP contribution in [0.5, 0.6) is 0 Å². The number of morpholine rings is 1. The lowest BCUT2D eigenvalue weighted by Crippen LogP contribution is -2.43. The van der Waals surface area contributed by atoms with E-state index >= 15 is 0 Å². The second kappa shape index (κ2) is 8.87. The topological polar surface area (TPSA) is 45.7 Å². The minimum atomic E-state index is -0.494. The zero-order chi connectivity index (χ0) is 18.4. The highest BCUT2D eigenvalue weighted by atomic mass is 19.1. The van der Waals surface area contributed by atoms with E-state index in [4.69, 9.17) is 4.74 Å². The van der Waals surface area contributed by atoms with Crippen LogP contribution >= 0.6 is 0 Å². The zero-order valence-corrected chi connectivity index (χ0v) is 15.0. The van der Waals surface area contributed by atoms with Crippen molar-refractivity contribution in [3.8, 4) is 0 Å². The number of amides is 1. The van der Waals surface area contributed by atoms with Gasteiger partial charge in [0.25, 0.3) is 5.91 Å². The van der Waals surface area contributed by atoms with E-state index in [9.17, 15) is 9.18 Å². The van der Waals surface area contributed by atoms with E-state index in [1.807, 2.05) is 25.1 Å². The van der Waals surface area contributed by atoms with E-state index in [2.05, 4.69) is 9.88 Å². The van der Waals surface area contributed by atoms with Crippen LogP contribution in [0, 0.1) is 12.7 Å². The van der Waals surface area contributed by atoms with Crippen molar-refractivity contribution in [1.29, 1.82) is 0 Å². The fraction of sp³-hybridized carbons (Fsp3) is 0.400. The van der Waals surface area contributed by atoms with E-state index in [-0.39, 0.29) is 11.5 Å². The Morgan fingerprint density at radius 3 is 2.69 bits per heavy atom. The van der Waals surface area contributed by atoms with Gasteiger partial charge >= 0.3 is 0 Å². The van der Waals surface area contributed by atoms with Gasteiger partial charge in [-0.25, -0.2) is 4.39 Å². The molecule has 5 nitrogen and oxygen atoms in total. The molecule has 1 amide bonds. The minimum absolute atomic E-state index is 0.0992. The van der Waals surface area contributed by atoms with Crippen molar-refractivity contribution >= 4 is 5.91 Å². The van der Waals surface area contributed by atoms with Gasteiger partial charge in [-0.05, 0) is 31.2 Å². The lowest BCUT2D eigenvalue weighted by molar-refractivity contribution is 0.0319. The second-order valence-electron chi connectivity index (χ2n) is 6.43. The molecule has 0 atom stereocenters. The molecule has 0 unspecified atom stereocenters. The van der Waals surface area contributed by atoms with Crippen LogP contribution in [0.25, 0.3) is 0 Å². The lowest BCUT2D eigenvalue weighted by atomic mass is 10.1. The molecule has 1 aromatic heterocycles. The molecular weight excluding hydrogens is 333 g/mol. The van der Waals surface area contributed by atoms with Crippen molar-refractivity contribution in [3.63, 3.8) is 0 Å². The number of halogens is 1. The number of aromatic nitrogens is 1. The summed E-state index contributed by atoms with van der Waals surface area (Å²) in [5, 5.41) is 0. The van der Waals surface area contributed by atoms with Crippen LogP contribution in [0.2, 0.25) is 0 Å². The maximum absolute atomic E-state index is 14.1. The average Bonchev–Trinajstić information content (AvgIpc) is 2.66. The van der Waals surface area contributed by atoms with E-state index in [1.54, 1.807) is 17.0 Å². The summed E-state index contributed by atoms with van der Waals surface area (Å²) in [6, 6.07) is 11.9. The molecule has 0 saturated carbocycles. The van der Waals surface area contributed by atoms with Crippen molar-refractivity contribution in [1.82, 2.24) is 14.8 Å². The largest absolute Gasteiger partial charge is 0.379 e. The average molecular weight is 357 g/mol. The van der Waals surface area contributed by atoms with Crippen molar-refractivity contribution < 1.29 is 13.9 Å². The van der Waals surface area contributed by atoms with Crippen LogP contribution in [-0.2, 0) is 11.3 Å². The maximum Gasteiger partial charge on any atom is 0.257 e. The highest BCUT2D eigenvalue weighted by molar-refractivity contribution is 5.94. The standard InChI is InChI=1S/C20H24FN3O2/c1-16-5-4-6-17(22-16)15-24(10-9-23-11-13-26-14-12-23)20(25)18-7-2-3-8-19(18)21/h2-8H,9-15H2,1H3. The Bertz CT molecular complexity index is 747. The number of pyridine rings is 1. The molecule has 0 radical (unpaired) electrons. The summed E-state index contributed by atoms with van der Waals surface area (Å²) < 4.78 is 19.5. The van der Waals surface area contributed by atoms with Crippen LogP contribution < -0.4 is 0 Å². The Hall–Kier alpha value is -2.31.